The Bertz CT molecular complexity index is 112. The van der Waals surface area contributed by atoms with Crippen molar-refractivity contribution in [3.8, 4) is 0 Å². The second kappa shape index (κ2) is 8.28. The average Bonchev–Trinajstić information content (AvgIpc) is 2.22. The van der Waals surface area contributed by atoms with E-state index in [0.29, 0.717) is 0 Å². The summed E-state index contributed by atoms with van der Waals surface area (Å²) in [6, 6.07) is 0. The third kappa shape index (κ3) is 4.99. The Morgan fingerprint density at radius 3 is 2.00 bits per heavy atom. The molecule has 1 rings (SSSR count). The number of piperidine rings is 1. The number of hydrogen-bond acceptors (Lipinski definition) is 1. The van der Waals surface area contributed by atoms with Crippen molar-refractivity contribution in [3.05, 3.63) is 0 Å². The molecule has 14 heavy (non-hydrogen) atoms. The van der Waals surface area contributed by atoms with E-state index in [1.165, 1.54) is 38.9 Å². The molecule has 0 unspecified atom stereocenters. The van der Waals surface area contributed by atoms with E-state index in [0.717, 1.165) is 11.8 Å². The average molecular weight is 199 g/mol. The lowest BCUT2D eigenvalue weighted by Crippen LogP contribution is -2.35. The van der Waals surface area contributed by atoms with Gasteiger partial charge in [-0.25, -0.2) is 0 Å². The molecular weight excluding hydrogens is 170 g/mol. The Labute approximate surface area is 90.9 Å². The zero-order chi connectivity index (χ0) is 11.0. The first-order chi connectivity index (χ1) is 6.74. The SMILES string of the molecule is CC.CCCN1CCC(C(C)C)CC1. The first-order valence-electron chi connectivity index (χ1n) is 6.46. The van der Waals surface area contributed by atoms with E-state index >= 15 is 0 Å². The van der Waals surface area contributed by atoms with Crippen LogP contribution in [-0.4, -0.2) is 24.5 Å². The van der Waals surface area contributed by atoms with Crippen molar-refractivity contribution in [1.82, 2.24) is 4.90 Å². The minimum absolute atomic E-state index is 0.897. The molecule has 0 aromatic carbocycles. The van der Waals surface area contributed by atoms with Crippen LogP contribution in [0, 0.1) is 11.8 Å². The van der Waals surface area contributed by atoms with Crippen LogP contribution in [0.5, 0.6) is 0 Å². The van der Waals surface area contributed by atoms with Crippen molar-refractivity contribution in [2.75, 3.05) is 19.6 Å². The van der Waals surface area contributed by atoms with Crippen molar-refractivity contribution >= 4 is 0 Å². The standard InChI is InChI=1S/C11H23N.C2H6/c1-4-7-12-8-5-11(6-9-12)10(2)3;1-2/h10-11H,4-9H2,1-3H3;1-2H3. The maximum atomic E-state index is 2.61. The number of likely N-dealkylation sites (tertiary alicyclic amines) is 1. The van der Waals surface area contributed by atoms with Crippen LogP contribution in [-0.2, 0) is 0 Å². The van der Waals surface area contributed by atoms with Gasteiger partial charge in [-0.15, -0.1) is 0 Å². The van der Waals surface area contributed by atoms with Crippen LogP contribution in [0.25, 0.3) is 0 Å². The molecule has 0 amide bonds. The Balaban J connectivity index is 0.000000791. The van der Waals surface area contributed by atoms with Gasteiger partial charge in [-0.3, -0.25) is 0 Å². The molecule has 1 nitrogen and oxygen atoms in total. The van der Waals surface area contributed by atoms with Crippen LogP contribution in [0.2, 0.25) is 0 Å². The Kier molecular flexibility index (Phi) is 8.26. The topological polar surface area (TPSA) is 3.24 Å². The summed E-state index contributed by atoms with van der Waals surface area (Å²) in [5.41, 5.74) is 0. The maximum absolute atomic E-state index is 2.61. The van der Waals surface area contributed by atoms with E-state index < -0.39 is 0 Å². The third-order valence-corrected chi connectivity index (χ3v) is 3.11. The number of nitrogens with zero attached hydrogens (tertiary/aromatic N) is 1. The fraction of sp³-hybridized carbons (Fsp3) is 1.00. The largest absolute Gasteiger partial charge is 0.303 e. The molecule has 0 aromatic rings. The molecule has 1 saturated heterocycles. The van der Waals surface area contributed by atoms with Gasteiger partial charge >= 0.3 is 0 Å². The van der Waals surface area contributed by atoms with Crippen molar-refractivity contribution in [1.29, 1.82) is 0 Å². The predicted octanol–water partition coefficient (Wildman–Crippen LogP) is 3.79. The van der Waals surface area contributed by atoms with E-state index in [4.69, 9.17) is 0 Å². The van der Waals surface area contributed by atoms with Gasteiger partial charge in [0.1, 0.15) is 0 Å². The van der Waals surface area contributed by atoms with Gasteiger partial charge in [0, 0.05) is 0 Å². The van der Waals surface area contributed by atoms with Crippen LogP contribution in [0.3, 0.4) is 0 Å². The van der Waals surface area contributed by atoms with Gasteiger partial charge in [-0.05, 0) is 50.7 Å². The molecule has 0 aromatic heterocycles. The van der Waals surface area contributed by atoms with Crippen molar-refractivity contribution in [2.45, 2.75) is 53.9 Å². The summed E-state index contributed by atoms with van der Waals surface area (Å²) in [7, 11) is 0. The lowest BCUT2D eigenvalue weighted by Gasteiger charge is -2.33. The lowest BCUT2D eigenvalue weighted by molar-refractivity contribution is 0.158. The molecule has 0 spiro atoms. The van der Waals surface area contributed by atoms with Crippen LogP contribution < -0.4 is 0 Å². The summed E-state index contributed by atoms with van der Waals surface area (Å²) >= 11 is 0. The summed E-state index contributed by atoms with van der Waals surface area (Å²) in [4.78, 5) is 2.61. The smallest absolute Gasteiger partial charge is 0.00160 e. The molecule has 1 heterocycles. The highest BCUT2D eigenvalue weighted by molar-refractivity contribution is 4.73. The maximum Gasteiger partial charge on any atom is -0.00160 e. The van der Waals surface area contributed by atoms with Crippen LogP contribution in [0.4, 0.5) is 0 Å². The summed E-state index contributed by atoms with van der Waals surface area (Å²) in [6.45, 7) is 15.0. The Morgan fingerprint density at radius 1 is 1.14 bits per heavy atom. The van der Waals surface area contributed by atoms with Crippen molar-refractivity contribution in [2.24, 2.45) is 11.8 Å². The zero-order valence-electron chi connectivity index (χ0n) is 10.8. The molecule has 1 aliphatic heterocycles. The highest BCUT2D eigenvalue weighted by Gasteiger charge is 2.20. The summed E-state index contributed by atoms with van der Waals surface area (Å²) in [5, 5.41) is 0. The highest BCUT2D eigenvalue weighted by Crippen LogP contribution is 2.24. The second-order valence-corrected chi connectivity index (χ2v) is 4.42. The molecule has 0 bridgehead atoms. The molecule has 0 N–H and O–H groups in total. The first-order valence-corrected chi connectivity index (χ1v) is 6.46. The summed E-state index contributed by atoms with van der Waals surface area (Å²) < 4.78 is 0. The molecule has 0 saturated carbocycles. The molecule has 0 radical (unpaired) electrons. The normalized spacial score (nSPS) is 19.3. The minimum atomic E-state index is 0.897. The third-order valence-electron chi connectivity index (χ3n) is 3.11. The van der Waals surface area contributed by atoms with Crippen LogP contribution in [0.15, 0.2) is 0 Å². The molecule has 1 heteroatoms. The van der Waals surface area contributed by atoms with Crippen LogP contribution in [0.1, 0.15) is 53.9 Å². The van der Waals surface area contributed by atoms with Gasteiger partial charge in [0.2, 0.25) is 0 Å². The van der Waals surface area contributed by atoms with E-state index in [1.807, 2.05) is 13.8 Å². The van der Waals surface area contributed by atoms with Crippen molar-refractivity contribution in [3.63, 3.8) is 0 Å². The summed E-state index contributed by atoms with van der Waals surface area (Å²) in [6.07, 6.45) is 4.17. The lowest BCUT2D eigenvalue weighted by atomic mass is 9.87. The monoisotopic (exact) mass is 199 g/mol. The number of hydrogen-bond donors (Lipinski definition) is 0. The molecule has 1 aliphatic rings. The Morgan fingerprint density at radius 2 is 1.64 bits per heavy atom. The van der Waals surface area contributed by atoms with E-state index in [2.05, 4.69) is 25.7 Å². The quantitative estimate of drug-likeness (QED) is 0.668. The van der Waals surface area contributed by atoms with Gasteiger partial charge in [0.05, 0.1) is 0 Å². The zero-order valence-corrected chi connectivity index (χ0v) is 10.8. The van der Waals surface area contributed by atoms with Crippen molar-refractivity contribution < 1.29 is 0 Å². The summed E-state index contributed by atoms with van der Waals surface area (Å²) in [5.74, 6) is 1.90. The molecule has 0 atom stereocenters. The van der Waals surface area contributed by atoms with Gasteiger partial charge in [-0.2, -0.15) is 0 Å². The van der Waals surface area contributed by atoms with Crippen LogP contribution >= 0.6 is 0 Å². The minimum Gasteiger partial charge on any atom is -0.303 e. The van der Waals surface area contributed by atoms with Gasteiger partial charge < -0.3 is 4.90 Å². The number of rotatable bonds is 3. The van der Waals surface area contributed by atoms with E-state index in [9.17, 15) is 0 Å². The van der Waals surface area contributed by atoms with Gasteiger partial charge in [-0.1, -0.05) is 34.6 Å². The molecule has 0 aliphatic carbocycles. The fourth-order valence-corrected chi connectivity index (χ4v) is 2.16. The fourth-order valence-electron chi connectivity index (χ4n) is 2.16. The Hall–Kier alpha value is -0.0400. The first kappa shape index (κ1) is 14.0. The molecule has 1 fully saturated rings. The highest BCUT2D eigenvalue weighted by atomic mass is 15.1. The molecule has 86 valence electrons. The molecular formula is C13H29N. The van der Waals surface area contributed by atoms with Gasteiger partial charge in [0.15, 0.2) is 0 Å². The van der Waals surface area contributed by atoms with E-state index in [1.54, 1.807) is 0 Å². The predicted molar refractivity (Wildman–Crippen MR) is 65.6 cm³/mol. The van der Waals surface area contributed by atoms with Gasteiger partial charge in [0.25, 0.3) is 0 Å². The second-order valence-electron chi connectivity index (χ2n) is 4.42. The van der Waals surface area contributed by atoms with E-state index in [-0.39, 0.29) is 0 Å².